The molecular weight excluding hydrogens is 430 g/mol. The number of aromatic amines is 1. The summed E-state index contributed by atoms with van der Waals surface area (Å²) in [4.78, 5) is 21.6. The standard InChI is InChI=1S/C26H31N5O3/c1-26(2,3)34-25(32)31-11-7-18(8-12-31)9-13-33-22-14-21(17-27)30-24(16-22)29-20-5-4-19-6-10-28-23(19)15-20/h4-6,10,14-16,18,28H,7-9,11-13H2,1-3H3,(H,29,30). The van der Waals surface area contributed by atoms with Crippen molar-refractivity contribution in [2.45, 2.75) is 45.6 Å². The van der Waals surface area contributed by atoms with Gasteiger partial charge in [-0.15, -0.1) is 0 Å². The molecule has 1 saturated heterocycles. The number of piperidine rings is 1. The Labute approximate surface area is 199 Å². The molecule has 1 aliphatic rings. The molecule has 0 bridgehead atoms. The molecule has 8 heteroatoms. The number of ether oxygens (including phenoxy) is 2. The van der Waals surface area contributed by atoms with Crippen molar-refractivity contribution < 1.29 is 14.3 Å². The number of fused-ring (bicyclic) bond motifs is 1. The van der Waals surface area contributed by atoms with Crippen LogP contribution in [0.25, 0.3) is 10.9 Å². The lowest BCUT2D eigenvalue weighted by molar-refractivity contribution is 0.0177. The summed E-state index contributed by atoms with van der Waals surface area (Å²) in [5.41, 5.74) is 1.72. The molecular formula is C26H31N5O3. The van der Waals surface area contributed by atoms with E-state index in [4.69, 9.17) is 9.47 Å². The number of likely N-dealkylation sites (tertiary alicyclic amines) is 1. The number of anilines is 2. The third kappa shape index (κ3) is 6.19. The Bertz CT molecular complexity index is 1180. The Hall–Kier alpha value is -3.73. The van der Waals surface area contributed by atoms with E-state index in [0.717, 1.165) is 35.9 Å². The van der Waals surface area contributed by atoms with Gasteiger partial charge in [-0.25, -0.2) is 9.78 Å². The maximum absolute atomic E-state index is 12.2. The Morgan fingerprint density at radius 3 is 2.76 bits per heavy atom. The number of carbonyl (C=O) groups excluding carboxylic acids is 1. The highest BCUT2D eigenvalue weighted by molar-refractivity contribution is 5.83. The molecule has 1 aromatic carbocycles. The molecule has 8 nitrogen and oxygen atoms in total. The molecule has 0 spiro atoms. The van der Waals surface area contributed by atoms with Crippen molar-refractivity contribution in [3.05, 3.63) is 48.3 Å². The van der Waals surface area contributed by atoms with Gasteiger partial charge in [-0.2, -0.15) is 5.26 Å². The van der Waals surface area contributed by atoms with Gasteiger partial charge in [0.2, 0.25) is 0 Å². The lowest BCUT2D eigenvalue weighted by Gasteiger charge is -2.33. The van der Waals surface area contributed by atoms with E-state index in [0.29, 0.717) is 42.9 Å². The van der Waals surface area contributed by atoms with E-state index in [1.165, 1.54) is 0 Å². The van der Waals surface area contributed by atoms with Crippen LogP contribution in [0.3, 0.4) is 0 Å². The molecule has 3 aromatic rings. The van der Waals surface area contributed by atoms with E-state index in [-0.39, 0.29) is 6.09 Å². The quantitative estimate of drug-likeness (QED) is 0.496. The summed E-state index contributed by atoms with van der Waals surface area (Å²) in [6, 6.07) is 13.6. The molecule has 1 aliphatic heterocycles. The fourth-order valence-electron chi connectivity index (χ4n) is 4.06. The van der Waals surface area contributed by atoms with Crippen molar-refractivity contribution in [3.8, 4) is 11.8 Å². The third-order valence-electron chi connectivity index (χ3n) is 5.80. The SMILES string of the molecule is CC(C)(C)OC(=O)N1CCC(CCOc2cc(C#N)nc(Nc3ccc4cc[nH]c4c3)c2)CC1. The summed E-state index contributed by atoms with van der Waals surface area (Å²) in [6.07, 6.45) is 4.40. The van der Waals surface area contributed by atoms with Gasteiger partial charge in [0.1, 0.15) is 28.9 Å². The van der Waals surface area contributed by atoms with E-state index >= 15 is 0 Å². The summed E-state index contributed by atoms with van der Waals surface area (Å²) < 4.78 is 11.5. The summed E-state index contributed by atoms with van der Waals surface area (Å²) >= 11 is 0. The van der Waals surface area contributed by atoms with Crippen LogP contribution < -0.4 is 10.1 Å². The van der Waals surface area contributed by atoms with Gasteiger partial charge < -0.3 is 24.7 Å². The number of amides is 1. The number of carbonyl (C=O) groups is 1. The first-order valence-corrected chi connectivity index (χ1v) is 11.7. The summed E-state index contributed by atoms with van der Waals surface area (Å²) in [5, 5.41) is 13.8. The van der Waals surface area contributed by atoms with Crippen LogP contribution in [0, 0.1) is 17.2 Å². The lowest BCUT2D eigenvalue weighted by Crippen LogP contribution is -2.41. The zero-order valence-electron chi connectivity index (χ0n) is 19.9. The Balaban J connectivity index is 1.29. The summed E-state index contributed by atoms with van der Waals surface area (Å²) in [7, 11) is 0. The normalized spacial score (nSPS) is 14.6. The summed E-state index contributed by atoms with van der Waals surface area (Å²) in [5.74, 6) is 1.66. The van der Waals surface area contributed by atoms with Crippen molar-refractivity contribution in [2.75, 3.05) is 25.0 Å². The van der Waals surface area contributed by atoms with Gasteiger partial charge in [0.05, 0.1) is 6.61 Å². The number of nitrogens with one attached hydrogen (secondary N) is 2. The molecule has 0 atom stereocenters. The zero-order valence-corrected chi connectivity index (χ0v) is 19.9. The third-order valence-corrected chi connectivity index (χ3v) is 5.80. The summed E-state index contributed by atoms with van der Waals surface area (Å²) in [6.45, 7) is 7.59. The topological polar surface area (TPSA) is 103 Å². The molecule has 0 aliphatic carbocycles. The smallest absolute Gasteiger partial charge is 0.410 e. The van der Waals surface area contributed by atoms with Crippen molar-refractivity contribution in [2.24, 2.45) is 5.92 Å². The van der Waals surface area contributed by atoms with E-state index in [2.05, 4.69) is 21.4 Å². The number of hydrogen-bond donors (Lipinski definition) is 2. The zero-order chi connectivity index (χ0) is 24.1. The van der Waals surface area contributed by atoms with Crippen molar-refractivity contribution in [3.63, 3.8) is 0 Å². The Morgan fingerprint density at radius 1 is 1.24 bits per heavy atom. The van der Waals surface area contributed by atoms with Crippen LogP contribution in [-0.4, -0.2) is 46.3 Å². The number of nitrogens with zero attached hydrogens (tertiary/aromatic N) is 3. The molecule has 4 rings (SSSR count). The number of nitriles is 1. The maximum Gasteiger partial charge on any atom is 0.410 e. The molecule has 34 heavy (non-hydrogen) atoms. The first kappa shape index (κ1) is 23.4. The minimum atomic E-state index is -0.475. The average Bonchev–Trinajstić information content (AvgIpc) is 3.26. The number of rotatable bonds is 6. The average molecular weight is 462 g/mol. The van der Waals surface area contributed by atoms with Gasteiger partial charge in [0, 0.05) is 42.6 Å². The Morgan fingerprint density at radius 2 is 2.03 bits per heavy atom. The second-order valence-electron chi connectivity index (χ2n) is 9.64. The van der Waals surface area contributed by atoms with Crippen LogP contribution in [0.1, 0.15) is 45.7 Å². The van der Waals surface area contributed by atoms with Crippen LogP contribution in [0.4, 0.5) is 16.3 Å². The molecule has 0 radical (unpaired) electrons. The number of aromatic nitrogens is 2. The minimum absolute atomic E-state index is 0.238. The highest BCUT2D eigenvalue weighted by Gasteiger charge is 2.26. The predicted molar refractivity (Wildman–Crippen MR) is 131 cm³/mol. The number of pyridine rings is 1. The van der Waals surface area contributed by atoms with E-state index in [1.54, 1.807) is 11.0 Å². The first-order valence-electron chi connectivity index (χ1n) is 11.7. The minimum Gasteiger partial charge on any atom is -0.493 e. The number of hydrogen-bond acceptors (Lipinski definition) is 6. The predicted octanol–water partition coefficient (Wildman–Crippen LogP) is 5.59. The van der Waals surface area contributed by atoms with E-state index in [9.17, 15) is 10.1 Å². The van der Waals surface area contributed by atoms with Crippen molar-refractivity contribution in [1.29, 1.82) is 5.26 Å². The van der Waals surface area contributed by atoms with Gasteiger partial charge in [-0.3, -0.25) is 0 Å². The van der Waals surface area contributed by atoms with Gasteiger partial charge >= 0.3 is 6.09 Å². The van der Waals surface area contributed by atoms with E-state index < -0.39 is 5.60 Å². The van der Waals surface area contributed by atoms with Gasteiger partial charge in [0.25, 0.3) is 0 Å². The molecule has 3 heterocycles. The monoisotopic (exact) mass is 461 g/mol. The van der Waals surface area contributed by atoms with Crippen molar-refractivity contribution >= 4 is 28.5 Å². The molecule has 2 aromatic heterocycles. The lowest BCUT2D eigenvalue weighted by atomic mass is 9.94. The molecule has 1 amide bonds. The second kappa shape index (κ2) is 10.0. The van der Waals surface area contributed by atoms with Crippen LogP contribution in [0.2, 0.25) is 0 Å². The number of H-pyrrole nitrogens is 1. The fourth-order valence-corrected chi connectivity index (χ4v) is 4.06. The van der Waals surface area contributed by atoms with E-state index in [1.807, 2.05) is 57.3 Å². The van der Waals surface area contributed by atoms with Gasteiger partial charge in [0.15, 0.2) is 0 Å². The van der Waals surface area contributed by atoms with Gasteiger partial charge in [-0.1, -0.05) is 6.07 Å². The molecule has 1 fully saturated rings. The fraction of sp³-hybridized carbons (Fsp3) is 0.423. The molecule has 0 unspecified atom stereocenters. The largest absolute Gasteiger partial charge is 0.493 e. The van der Waals surface area contributed by atoms with Crippen LogP contribution in [-0.2, 0) is 4.74 Å². The van der Waals surface area contributed by atoms with Crippen molar-refractivity contribution in [1.82, 2.24) is 14.9 Å². The van der Waals surface area contributed by atoms with Crippen LogP contribution >= 0.6 is 0 Å². The maximum atomic E-state index is 12.2. The molecule has 0 saturated carbocycles. The highest BCUT2D eigenvalue weighted by atomic mass is 16.6. The van der Waals surface area contributed by atoms with Crippen LogP contribution in [0.15, 0.2) is 42.6 Å². The molecule has 178 valence electrons. The van der Waals surface area contributed by atoms with Gasteiger partial charge in [-0.05, 0) is 69.5 Å². The second-order valence-corrected chi connectivity index (χ2v) is 9.64. The highest BCUT2D eigenvalue weighted by Crippen LogP contribution is 2.26. The van der Waals surface area contributed by atoms with Crippen LogP contribution in [0.5, 0.6) is 5.75 Å². The first-order chi connectivity index (χ1) is 16.3. The Kier molecular flexibility index (Phi) is 6.92. The molecule has 2 N–H and O–H groups in total. The number of benzene rings is 1.